The molecule has 1 unspecified atom stereocenters. The normalized spacial score (nSPS) is 15.4. The molecule has 0 bridgehead atoms. The molecule has 1 aliphatic rings. The third-order valence-electron chi connectivity index (χ3n) is 5.17. The summed E-state index contributed by atoms with van der Waals surface area (Å²) in [6.07, 6.45) is -0.0273. The second-order valence-corrected chi connectivity index (χ2v) is 8.79. The molecule has 182 valence electrons. The van der Waals surface area contributed by atoms with Crippen LogP contribution in [0.5, 0.6) is 17.2 Å². The van der Waals surface area contributed by atoms with E-state index in [9.17, 15) is 9.59 Å². The second kappa shape index (κ2) is 10.0. The van der Waals surface area contributed by atoms with Crippen LogP contribution < -0.4 is 19.5 Å². The van der Waals surface area contributed by atoms with Crippen LogP contribution in [0, 0.1) is 0 Å². The molecular formula is C25H31N3O6. The molecule has 9 nitrogen and oxygen atoms in total. The van der Waals surface area contributed by atoms with Crippen molar-refractivity contribution in [3.8, 4) is 17.2 Å². The molecule has 34 heavy (non-hydrogen) atoms. The summed E-state index contributed by atoms with van der Waals surface area (Å²) < 4.78 is 21.6. The van der Waals surface area contributed by atoms with Gasteiger partial charge in [-0.2, -0.15) is 5.10 Å². The zero-order chi connectivity index (χ0) is 25.0. The standard InChI is InChI=1S/C25H31N3O6/c1-15(29)28-20(17-12-21(31-5)23(33-7)22(13-17)32-6)14-19(27-28)16-8-10-18(11-9-16)26-24(30)34-25(2,3)4/h8-13,20H,14H2,1-7H3,(H,26,30). The van der Waals surface area contributed by atoms with E-state index < -0.39 is 11.7 Å². The van der Waals surface area contributed by atoms with Crippen LogP contribution in [-0.2, 0) is 9.53 Å². The number of hydrazone groups is 1. The van der Waals surface area contributed by atoms with Crippen molar-refractivity contribution >= 4 is 23.4 Å². The average Bonchev–Trinajstić information content (AvgIpc) is 3.23. The SMILES string of the molecule is COc1cc(C2CC(c3ccc(NC(=O)OC(C)(C)C)cc3)=NN2C(C)=O)cc(OC)c1OC. The van der Waals surface area contributed by atoms with Crippen molar-refractivity contribution in [2.75, 3.05) is 26.6 Å². The molecular weight excluding hydrogens is 438 g/mol. The number of nitrogens with zero attached hydrogens (tertiary/aromatic N) is 2. The van der Waals surface area contributed by atoms with Crippen molar-refractivity contribution in [2.45, 2.75) is 45.8 Å². The van der Waals surface area contributed by atoms with Gasteiger partial charge in [0.2, 0.25) is 11.7 Å². The Kier molecular flexibility index (Phi) is 7.34. The van der Waals surface area contributed by atoms with Gasteiger partial charge in [-0.25, -0.2) is 9.80 Å². The smallest absolute Gasteiger partial charge is 0.412 e. The molecule has 2 aromatic carbocycles. The lowest BCUT2D eigenvalue weighted by Crippen LogP contribution is -2.27. The minimum atomic E-state index is -0.583. The summed E-state index contributed by atoms with van der Waals surface area (Å²) in [7, 11) is 4.64. The monoisotopic (exact) mass is 469 g/mol. The fourth-order valence-electron chi connectivity index (χ4n) is 3.70. The molecule has 2 aromatic rings. The van der Waals surface area contributed by atoms with Crippen molar-refractivity contribution in [1.29, 1.82) is 0 Å². The number of hydrogen-bond donors (Lipinski definition) is 1. The van der Waals surface area contributed by atoms with Crippen molar-refractivity contribution in [3.05, 3.63) is 47.5 Å². The van der Waals surface area contributed by atoms with Crippen LogP contribution in [-0.4, -0.2) is 49.7 Å². The van der Waals surface area contributed by atoms with Gasteiger partial charge in [-0.15, -0.1) is 0 Å². The highest BCUT2D eigenvalue weighted by molar-refractivity contribution is 6.03. The average molecular weight is 470 g/mol. The first-order chi connectivity index (χ1) is 16.1. The van der Waals surface area contributed by atoms with E-state index in [2.05, 4.69) is 10.4 Å². The molecule has 1 aliphatic heterocycles. The fraction of sp³-hybridized carbons (Fsp3) is 0.400. The van der Waals surface area contributed by atoms with Gasteiger partial charge >= 0.3 is 6.09 Å². The van der Waals surface area contributed by atoms with Gasteiger partial charge in [0.05, 0.1) is 33.1 Å². The summed E-state index contributed by atoms with van der Waals surface area (Å²) in [5, 5.41) is 8.75. The number of nitrogens with one attached hydrogen (secondary N) is 1. The molecule has 0 radical (unpaired) electrons. The van der Waals surface area contributed by atoms with Gasteiger partial charge in [-0.3, -0.25) is 10.1 Å². The Hall–Kier alpha value is -3.75. The minimum Gasteiger partial charge on any atom is -0.493 e. The molecule has 1 atom stereocenters. The largest absolute Gasteiger partial charge is 0.493 e. The number of carbonyl (C=O) groups excluding carboxylic acids is 2. The maximum absolute atomic E-state index is 12.4. The van der Waals surface area contributed by atoms with E-state index in [-0.39, 0.29) is 11.9 Å². The number of rotatable bonds is 6. The lowest BCUT2D eigenvalue weighted by molar-refractivity contribution is -0.130. The number of methoxy groups -OCH3 is 3. The number of benzene rings is 2. The highest BCUT2D eigenvalue weighted by Crippen LogP contribution is 2.43. The third-order valence-corrected chi connectivity index (χ3v) is 5.17. The summed E-state index contributed by atoms with van der Waals surface area (Å²) in [4.78, 5) is 24.4. The first-order valence-electron chi connectivity index (χ1n) is 10.8. The topological polar surface area (TPSA) is 98.7 Å². The van der Waals surface area contributed by atoms with E-state index in [1.807, 2.05) is 24.3 Å². The zero-order valence-corrected chi connectivity index (χ0v) is 20.6. The van der Waals surface area contributed by atoms with Crippen LogP contribution >= 0.6 is 0 Å². The highest BCUT2D eigenvalue weighted by atomic mass is 16.6. The predicted molar refractivity (Wildman–Crippen MR) is 129 cm³/mol. The summed E-state index contributed by atoms with van der Waals surface area (Å²) in [5.41, 5.74) is 2.42. The summed E-state index contributed by atoms with van der Waals surface area (Å²) in [6.45, 7) is 6.89. The molecule has 9 heteroatoms. The minimum absolute atomic E-state index is 0.183. The van der Waals surface area contributed by atoms with Gasteiger partial charge in [0.15, 0.2) is 11.5 Å². The van der Waals surface area contributed by atoms with Gasteiger partial charge in [-0.05, 0) is 56.2 Å². The van der Waals surface area contributed by atoms with Crippen LogP contribution in [0.3, 0.4) is 0 Å². The Morgan fingerprint density at radius 1 is 1.00 bits per heavy atom. The lowest BCUT2D eigenvalue weighted by Gasteiger charge is -2.22. The third kappa shape index (κ3) is 5.59. The quantitative estimate of drug-likeness (QED) is 0.655. The molecule has 0 saturated carbocycles. The van der Waals surface area contributed by atoms with Crippen LogP contribution in [0.25, 0.3) is 0 Å². The predicted octanol–water partition coefficient (Wildman–Crippen LogP) is 4.76. The summed E-state index contributed by atoms with van der Waals surface area (Å²) in [6, 6.07) is 10.6. The first-order valence-corrected chi connectivity index (χ1v) is 10.8. The van der Waals surface area contributed by atoms with E-state index in [0.717, 1.165) is 16.8 Å². The lowest BCUT2D eigenvalue weighted by atomic mass is 9.97. The fourth-order valence-corrected chi connectivity index (χ4v) is 3.70. The van der Waals surface area contributed by atoms with E-state index in [0.29, 0.717) is 29.4 Å². The van der Waals surface area contributed by atoms with Crippen molar-refractivity contribution < 1.29 is 28.5 Å². The number of carbonyl (C=O) groups is 2. The van der Waals surface area contributed by atoms with Gasteiger partial charge in [0.25, 0.3) is 0 Å². The van der Waals surface area contributed by atoms with Crippen LogP contribution in [0.1, 0.15) is 51.3 Å². The van der Waals surface area contributed by atoms with Crippen molar-refractivity contribution in [1.82, 2.24) is 5.01 Å². The summed E-state index contributed by atoms with van der Waals surface area (Å²) in [5.74, 6) is 1.31. The molecule has 0 fully saturated rings. The van der Waals surface area contributed by atoms with Crippen LogP contribution in [0.2, 0.25) is 0 Å². The summed E-state index contributed by atoms with van der Waals surface area (Å²) >= 11 is 0. The molecule has 0 saturated heterocycles. The van der Waals surface area contributed by atoms with Gasteiger partial charge in [0.1, 0.15) is 5.60 Å². The maximum Gasteiger partial charge on any atom is 0.412 e. The molecule has 0 spiro atoms. The molecule has 3 rings (SSSR count). The van der Waals surface area contributed by atoms with E-state index >= 15 is 0 Å². The van der Waals surface area contributed by atoms with Crippen molar-refractivity contribution in [2.24, 2.45) is 5.10 Å². The van der Waals surface area contributed by atoms with E-state index in [1.165, 1.54) is 11.9 Å². The van der Waals surface area contributed by atoms with E-state index in [4.69, 9.17) is 18.9 Å². The Bertz CT molecular complexity index is 1060. The Labute approximate surface area is 199 Å². The van der Waals surface area contributed by atoms with Gasteiger partial charge in [0, 0.05) is 19.0 Å². The maximum atomic E-state index is 12.4. The van der Waals surface area contributed by atoms with Gasteiger partial charge < -0.3 is 18.9 Å². The number of anilines is 1. The number of ether oxygens (including phenoxy) is 4. The van der Waals surface area contributed by atoms with Crippen molar-refractivity contribution in [3.63, 3.8) is 0 Å². The molecule has 1 N–H and O–H groups in total. The zero-order valence-electron chi connectivity index (χ0n) is 20.6. The molecule has 2 amide bonds. The molecule has 0 aromatic heterocycles. The second-order valence-electron chi connectivity index (χ2n) is 8.79. The van der Waals surface area contributed by atoms with Crippen LogP contribution in [0.15, 0.2) is 41.5 Å². The Balaban J connectivity index is 1.84. The first kappa shape index (κ1) is 24.9. The molecule has 1 heterocycles. The van der Waals surface area contributed by atoms with Crippen LogP contribution in [0.4, 0.5) is 10.5 Å². The Morgan fingerprint density at radius 3 is 2.06 bits per heavy atom. The molecule has 0 aliphatic carbocycles. The number of hydrogen-bond acceptors (Lipinski definition) is 7. The van der Waals surface area contributed by atoms with E-state index in [1.54, 1.807) is 54.2 Å². The number of amides is 2. The Morgan fingerprint density at radius 2 is 1.59 bits per heavy atom. The highest BCUT2D eigenvalue weighted by Gasteiger charge is 2.33. The van der Waals surface area contributed by atoms with Gasteiger partial charge in [-0.1, -0.05) is 12.1 Å².